The quantitative estimate of drug-likeness (QED) is 0.834. The van der Waals surface area contributed by atoms with Gasteiger partial charge in [0.2, 0.25) is 0 Å². The molecule has 1 unspecified atom stereocenters. The van der Waals surface area contributed by atoms with Crippen LogP contribution in [0.2, 0.25) is 0 Å². The van der Waals surface area contributed by atoms with Crippen LogP contribution in [0.25, 0.3) is 0 Å². The van der Waals surface area contributed by atoms with Crippen molar-refractivity contribution in [2.75, 3.05) is 5.75 Å². The van der Waals surface area contributed by atoms with Gasteiger partial charge in [0.05, 0.1) is 11.6 Å². The molecule has 0 amide bonds. The molecule has 1 aromatic rings. The number of hydrogen-bond donors (Lipinski definition) is 1. The van der Waals surface area contributed by atoms with Crippen molar-refractivity contribution in [1.29, 1.82) is 5.26 Å². The first-order valence-electron chi connectivity index (χ1n) is 5.18. The van der Waals surface area contributed by atoms with Crippen molar-refractivity contribution >= 4 is 16.8 Å². The molecule has 0 aliphatic rings. The standard InChI is InChI=1S/C12H13NO3S/c13-8-10-4-1-2-5-11(10)9-17(16)7-3-6-12(14)15/h1-2,4-5H,3,6-7,9H2,(H,14,15). The highest BCUT2D eigenvalue weighted by Gasteiger charge is 2.07. The molecule has 0 aromatic heterocycles. The summed E-state index contributed by atoms with van der Waals surface area (Å²) in [6, 6.07) is 9.06. The number of carbonyl (C=O) groups is 1. The molecule has 0 bridgehead atoms. The van der Waals surface area contributed by atoms with Gasteiger partial charge in [-0.15, -0.1) is 0 Å². The van der Waals surface area contributed by atoms with Crippen molar-refractivity contribution < 1.29 is 14.1 Å². The summed E-state index contributed by atoms with van der Waals surface area (Å²) in [5, 5.41) is 17.3. The minimum atomic E-state index is -1.11. The molecule has 1 N–H and O–H groups in total. The number of nitrogens with zero attached hydrogens (tertiary/aromatic N) is 1. The van der Waals surface area contributed by atoms with Gasteiger partial charge in [0.25, 0.3) is 0 Å². The fraction of sp³-hybridized carbons (Fsp3) is 0.333. The molecule has 1 aromatic carbocycles. The molecular weight excluding hydrogens is 238 g/mol. The lowest BCUT2D eigenvalue weighted by Crippen LogP contribution is -2.05. The molecule has 0 radical (unpaired) electrons. The van der Waals surface area contributed by atoms with Crippen molar-refractivity contribution in [3.05, 3.63) is 35.4 Å². The van der Waals surface area contributed by atoms with E-state index in [1.54, 1.807) is 24.3 Å². The Balaban J connectivity index is 2.51. The van der Waals surface area contributed by atoms with Crippen LogP contribution in [0.1, 0.15) is 24.0 Å². The Bertz CT molecular complexity index is 465. The first-order valence-corrected chi connectivity index (χ1v) is 6.67. The molecule has 1 atom stereocenters. The van der Waals surface area contributed by atoms with Crippen molar-refractivity contribution in [3.8, 4) is 6.07 Å². The van der Waals surface area contributed by atoms with Crippen LogP contribution in [0, 0.1) is 11.3 Å². The number of carboxylic acid groups (broad SMARTS) is 1. The van der Waals surface area contributed by atoms with Crippen LogP contribution in [0.15, 0.2) is 24.3 Å². The van der Waals surface area contributed by atoms with E-state index in [-0.39, 0.29) is 6.42 Å². The predicted molar refractivity (Wildman–Crippen MR) is 64.7 cm³/mol. The Kier molecular flexibility index (Phi) is 5.37. The number of aliphatic carboxylic acids is 1. The Hall–Kier alpha value is -1.67. The van der Waals surface area contributed by atoms with Crippen LogP contribution in [0.4, 0.5) is 0 Å². The average molecular weight is 251 g/mol. The molecule has 0 saturated carbocycles. The zero-order valence-electron chi connectivity index (χ0n) is 9.26. The van der Waals surface area contributed by atoms with Gasteiger partial charge in [-0.3, -0.25) is 9.00 Å². The molecule has 0 fully saturated rings. The van der Waals surface area contributed by atoms with E-state index in [0.29, 0.717) is 23.5 Å². The Morgan fingerprint density at radius 2 is 2.12 bits per heavy atom. The van der Waals surface area contributed by atoms with Gasteiger partial charge in [0.15, 0.2) is 0 Å². The molecule has 4 nitrogen and oxygen atoms in total. The molecule has 5 heteroatoms. The Morgan fingerprint density at radius 3 is 2.76 bits per heavy atom. The van der Waals surface area contributed by atoms with Gasteiger partial charge < -0.3 is 5.11 Å². The number of rotatable bonds is 6. The van der Waals surface area contributed by atoms with Gasteiger partial charge in [-0.1, -0.05) is 18.2 Å². The maximum absolute atomic E-state index is 11.7. The van der Waals surface area contributed by atoms with Crippen molar-refractivity contribution in [2.24, 2.45) is 0 Å². The zero-order chi connectivity index (χ0) is 12.7. The van der Waals surface area contributed by atoms with E-state index in [1.165, 1.54) is 0 Å². The highest BCUT2D eigenvalue weighted by molar-refractivity contribution is 7.84. The fourth-order valence-corrected chi connectivity index (χ4v) is 2.59. The minimum Gasteiger partial charge on any atom is -0.481 e. The second kappa shape index (κ2) is 6.81. The van der Waals surface area contributed by atoms with E-state index in [1.807, 2.05) is 6.07 Å². The number of hydrogen-bond acceptors (Lipinski definition) is 3. The third-order valence-electron chi connectivity index (χ3n) is 2.22. The summed E-state index contributed by atoms with van der Waals surface area (Å²) in [6.07, 6.45) is 0.433. The van der Waals surface area contributed by atoms with E-state index in [2.05, 4.69) is 0 Å². The third-order valence-corrected chi connectivity index (χ3v) is 3.59. The van der Waals surface area contributed by atoms with Crippen molar-refractivity contribution in [2.45, 2.75) is 18.6 Å². The third kappa shape index (κ3) is 4.79. The molecule has 0 heterocycles. The van der Waals surface area contributed by atoms with Gasteiger partial charge in [0, 0.05) is 28.7 Å². The van der Waals surface area contributed by atoms with Crippen LogP contribution in [-0.4, -0.2) is 21.0 Å². The first-order chi connectivity index (χ1) is 8.13. The van der Waals surface area contributed by atoms with E-state index in [4.69, 9.17) is 10.4 Å². The number of carboxylic acids is 1. The summed E-state index contributed by atoms with van der Waals surface area (Å²) in [5.74, 6) is -0.213. The smallest absolute Gasteiger partial charge is 0.303 e. The monoisotopic (exact) mass is 251 g/mol. The second-order valence-electron chi connectivity index (χ2n) is 3.55. The lowest BCUT2D eigenvalue weighted by atomic mass is 10.1. The molecule has 90 valence electrons. The topological polar surface area (TPSA) is 78.2 Å². The highest BCUT2D eigenvalue weighted by atomic mass is 32.2. The minimum absolute atomic E-state index is 0.0334. The normalized spacial score (nSPS) is 11.7. The number of benzene rings is 1. The maximum atomic E-state index is 11.7. The van der Waals surface area contributed by atoms with E-state index in [0.717, 1.165) is 5.56 Å². The Labute approximate surface area is 102 Å². The maximum Gasteiger partial charge on any atom is 0.303 e. The largest absolute Gasteiger partial charge is 0.481 e. The van der Waals surface area contributed by atoms with Crippen molar-refractivity contribution in [3.63, 3.8) is 0 Å². The van der Waals surface area contributed by atoms with E-state index >= 15 is 0 Å². The summed E-state index contributed by atoms with van der Waals surface area (Å²) < 4.78 is 11.7. The van der Waals surface area contributed by atoms with Gasteiger partial charge >= 0.3 is 5.97 Å². The summed E-state index contributed by atoms with van der Waals surface area (Å²) in [5.41, 5.74) is 1.28. The average Bonchev–Trinajstić information content (AvgIpc) is 2.29. The molecule has 0 spiro atoms. The fourth-order valence-electron chi connectivity index (χ4n) is 1.39. The summed E-state index contributed by atoms with van der Waals surface area (Å²) in [6.45, 7) is 0. The van der Waals surface area contributed by atoms with Crippen LogP contribution in [0.3, 0.4) is 0 Å². The van der Waals surface area contributed by atoms with Crippen LogP contribution < -0.4 is 0 Å². The first kappa shape index (κ1) is 13.4. The van der Waals surface area contributed by atoms with E-state index in [9.17, 15) is 9.00 Å². The van der Waals surface area contributed by atoms with Crippen LogP contribution in [0.5, 0.6) is 0 Å². The molecule has 0 saturated heterocycles. The summed E-state index contributed by atoms with van der Waals surface area (Å²) in [7, 11) is -1.11. The van der Waals surface area contributed by atoms with Crippen LogP contribution in [-0.2, 0) is 21.3 Å². The Morgan fingerprint density at radius 1 is 1.41 bits per heavy atom. The van der Waals surface area contributed by atoms with Gasteiger partial charge in [-0.2, -0.15) is 5.26 Å². The lowest BCUT2D eigenvalue weighted by Gasteiger charge is -2.03. The van der Waals surface area contributed by atoms with Gasteiger partial charge in [0.1, 0.15) is 0 Å². The summed E-state index contributed by atoms with van der Waals surface area (Å²) in [4.78, 5) is 10.3. The molecule has 0 aliphatic carbocycles. The van der Waals surface area contributed by atoms with E-state index < -0.39 is 16.8 Å². The second-order valence-corrected chi connectivity index (χ2v) is 5.13. The molecule has 0 aliphatic heterocycles. The van der Waals surface area contributed by atoms with Crippen molar-refractivity contribution in [1.82, 2.24) is 0 Å². The lowest BCUT2D eigenvalue weighted by molar-refractivity contribution is -0.137. The SMILES string of the molecule is N#Cc1ccccc1CS(=O)CCCC(=O)O. The summed E-state index contributed by atoms with van der Waals surface area (Å²) >= 11 is 0. The van der Waals surface area contributed by atoms with Gasteiger partial charge in [-0.05, 0) is 18.1 Å². The zero-order valence-corrected chi connectivity index (χ0v) is 10.1. The molecule has 1 rings (SSSR count). The van der Waals surface area contributed by atoms with Crippen LogP contribution >= 0.6 is 0 Å². The highest BCUT2D eigenvalue weighted by Crippen LogP contribution is 2.10. The van der Waals surface area contributed by atoms with Gasteiger partial charge in [-0.25, -0.2) is 0 Å². The molecule has 17 heavy (non-hydrogen) atoms. The molecular formula is C12H13NO3S. The number of nitriles is 1. The predicted octanol–water partition coefficient (Wildman–Crippen LogP) is 1.67.